The molecule has 11 rings (SSSR count). The molecule has 2 fully saturated rings. The lowest BCUT2D eigenvalue weighted by Crippen LogP contribution is -2.45. The number of ether oxygens (including phenoxy) is 3. The van der Waals surface area contributed by atoms with Gasteiger partial charge in [0.2, 0.25) is 0 Å². The van der Waals surface area contributed by atoms with E-state index in [0.717, 1.165) is 0 Å². The highest BCUT2D eigenvalue weighted by atomic mass is 128. The first-order valence-corrected chi connectivity index (χ1v) is 35.6. The molecule has 494 valence electrons. The molecule has 0 unspecified atom stereocenters. The minimum absolute atomic E-state index is 0.173. The SMILES string of the molecule is CC(C)(C)OC(=O)COCC1(F)CCN(c2cncc(N(c3cccc(F)c3)c3ccccn3)n2)CC1.Fc1cccc(Nc2ccccn2)c1.II.Nc1cccc(F)c1.O=C(O)COCC1(F)CCN(c2cncc(N(c3cccc(F)c3)c3ccccn3)n2)CC1. The number of piperidine rings is 2. The minimum Gasteiger partial charge on any atom is -0.480 e. The number of anilines is 11. The van der Waals surface area contributed by atoms with E-state index in [-0.39, 0.29) is 63.0 Å². The molecule has 0 saturated carbocycles. The number of carboxylic acids is 1. The number of carboxylic acid groups (broad SMARTS) is 1. The van der Waals surface area contributed by atoms with Crippen molar-refractivity contribution in [2.24, 2.45) is 0 Å². The zero-order valence-electron chi connectivity index (χ0n) is 51.5. The number of alkyl halides is 2. The fraction of sp³-hybridized carbons (Fsp3) is 0.269. The zero-order chi connectivity index (χ0) is 67.5. The lowest BCUT2D eigenvalue weighted by atomic mass is 9.94. The van der Waals surface area contributed by atoms with E-state index in [9.17, 15) is 31.5 Å². The van der Waals surface area contributed by atoms with Crippen LogP contribution in [0.25, 0.3) is 0 Å². The van der Waals surface area contributed by atoms with Crippen LogP contribution in [0.5, 0.6) is 0 Å². The van der Waals surface area contributed by atoms with E-state index in [2.05, 4.69) is 67.5 Å². The van der Waals surface area contributed by atoms with E-state index in [4.69, 9.17) is 35.0 Å². The molecule has 0 atom stereocenters. The van der Waals surface area contributed by atoms with Crippen LogP contribution < -0.4 is 30.7 Å². The molecule has 27 heteroatoms. The lowest BCUT2D eigenvalue weighted by molar-refractivity contribution is -0.161. The third-order valence-electron chi connectivity index (χ3n) is 13.7. The highest BCUT2D eigenvalue weighted by Gasteiger charge is 2.37. The standard InChI is InChI=1S/C27H31F2N5O3.C23H23F2N5O3.C11H9FN2.C6H6FN.I2/c1-26(2,3)37-25(35)18-36-19-27(29)10-13-33(14-11-27)23-16-30-17-24(32-23)34(22-9-4-5-12-31-22)21-8-6-7-20(28)15-21;24-17-4-3-5-18(12-17)30(19-6-1-2-9-27-19)21-14-26-13-20(28-21)29-10-7-23(25,8-11-29)16-33-15-22(31)32;12-9-4-3-5-10(8-9)14-11-6-1-2-7-13-11;7-5-2-1-3-6(8)4-5;1-2/h4-9,12,15-17H,10-11,13-14,18-19H2,1-3H3;1-6,9,12-14H,7-8,10-11,15-16H2,(H,31,32);1-8H,(H,13,14);1-4H,8H2;. The van der Waals surface area contributed by atoms with Crippen molar-refractivity contribution in [2.45, 2.75) is 63.4 Å². The number of nitrogens with two attached hydrogens (primary N) is 1. The van der Waals surface area contributed by atoms with Crippen LogP contribution in [-0.4, -0.2) is 121 Å². The molecule has 0 amide bonds. The number of rotatable bonds is 18. The Bertz CT molecular complexity index is 3780. The Hall–Kier alpha value is -8.81. The Morgan fingerprint density at radius 3 is 1.39 bits per heavy atom. The van der Waals surface area contributed by atoms with Crippen molar-refractivity contribution < 1.29 is 55.2 Å². The lowest BCUT2D eigenvalue weighted by Gasteiger charge is -2.37. The third-order valence-corrected chi connectivity index (χ3v) is 13.7. The number of carbonyl (C=O) groups excluding carboxylic acids is 1. The second-order valence-electron chi connectivity index (χ2n) is 22.1. The van der Waals surface area contributed by atoms with Crippen molar-refractivity contribution in [3.05, 3.63) is 218 Å². The highest BCUT2D eigenvalue weighted by Crippen LogP contribution is 2.37. The van der Waals surface area contributed by atoms with Gasteiger partial charge >= 0.3 is 11.9 Å². The van der Waals surface area contributed by atoms with Gasteiger partial charge in [-0.3, -0.25) is 19.8 Å². The van der Waals surface area contributed by atoms with Crippen molar-refractivity contribution in [3.63, 3.8) is 0 Å². The van der Waals surface area contributed by atoms with Crippen LogP contribution in [0.15, 0.2) is 195 Å². The molecule has 0 bridgehead atoms. The average Bonchev–Trinajstić information content (AvgIpc) is 0.969. The van der Waals surface area contributed by atoms with E-state index in [1.54, 1.807) is 147 Å². The third kappa shape index (κ3) is 23.6. The maximum absolute atomic E-state index is 15.3. The van der Waals surface area contributed by atoms with Crippen molar-refractivity contribution >= 4 is 113 Å². The van der Waals surface area contributed by atoms with E-state index in [1.165, 1.54) is 48.5 Å². The quantitative estimate of drug-likeness (QED) is 0.0314. The van der Waals surface area contributed by atoms with Crippen LogP contribution in [0.4, 0.5) is 89.8 Å². The van der Waals surface area contributed by atoms with Crippen molar-refractivity contribution in [1.82, 2.24) is 34.9 Å². The molecule has 0 aliphatic carbocycles. The number of nitrogen functional groups attached to an aromatic ring is 1. The van der Waals surface area contributed by atoms with Crippen LogP contribution in [0.3, 0.4) is 0 Å². The maximum atomic E-state index is 15.3. The molecule has 9 aromatic rings. The van der Waals surface area contributed by atoms with Gasteiger partial charge in [0.15, 0.2) is 11.6 Å². The molecule has 94 heavy (non-hydrogen) atoms. The van der Waals surface area contributed by atoms with Crippen molar-refractivity contribution in [1.29, 1.82) is 0 Å². The normalized spacial score (nSPS) is 13.7. The number of nitrogens with zero attached hydrogens (tertiary/aromatic N) is 11. The summed E-state index contributed by atoms with van der Waals surface area (Å²) in [4.78, 5) is 60.7. The predicted molar refractivity (Wildman–Crippen MR) is 367 cm³/mol. The van der Waals surface area contributed by atoms with Gasteiger partial charge in [-0.15, -0.1) is 0 Å². The van der Waals surface area contributed by atoms with E-state index < -0.39 is 41.3 Å². The first-order chi connectivity index (χ1) is 45.2. The van der Waals surface area contributed by atoms with Crippen LogP contribution in [0, 0.1) is 23.3 Å². The van der Waals surface area contributed by atoms with Gasteiger partial charge < -0.3 is 40.2 Å². The summed E-state index contributed by atoms with van der Waals surface area (Å²) in [5, 5.41) is 11.7. The Balaban J connectivity index is 0.000000198. The maximum Gasteiger partial charge on any atom is 0.332 e. The fourth-order valence-corrected chi connectivity index (χ4v) is 9.41. The number of aliphatic carboxylic acids is 1. The summed E-state index contributed by atoms with van der Waals surface area (Å²) >= 11 is 4.24. The molecule has 0 radical (unpaired) electrons. The topological polar surface area (TPSA) is 223 Å². The van der Waals surface area contributed by atoms with Crippen LogP contribution in [-0.2, 0) is 23.8 Å². The molecular weight excluding hydrogens is 1450 g/mol. The van der Waals surface area contributed by atoms with Crippen LogP contribution in [0.2, 0.25) is 0 Å². The Labute approximate surface area is 564 Å². The zero-order valence-corrected chi connectivity index (χ0v) is 55.8. The Kier molecular flexibility index (Phi) is 27.8. The van der Waals surface area contributed by atoms with Gasteiger partial charge in [-0.2, -0.15) is 0 Å². The van der Waals surface area contributed by atoms with Crippen molar-refractivity contribution in [2.75, 3.05) is 83.3 Å². The van der Waals surface area contributed by atoms with E-state index in [1.807, 2.05) is 40.1 Å². The molecule has 4 N–H and O–H groups in total. The molecule has 2 aliphatic heterocycles. The Morgan fingerprint density at radius 2 is 1.00 bits per heavy atom. The first kappa shape index (κ1) is 72.6. The number of halogens is 8. The van der Waals surface area contributed by atoms with Gasteiger partial charge in [0.1, 0.15) is 82.5 Å². The first-order valence-electron chi connectivity index (χ1n) is 29.3. The molecule has 7 heterocycles. The van der Waals surface area contributed by atoms with Gasteiger partial charge in [0.05, 0.1) is 49.4 Å². The van der Waals surface area contributed by atoms with Gasteiger partial charge in [-0.1, -0.05) is 42.5 Å². The number of benzene rings is 4. The molecule has 2 saturated heterocycles. The number of carbonyl (C=O) groups is 2. The van der Waals surface area contributed by atoms with Gasteiger partial charge in [-0.05, 0) is 130 Å². The number of pyridine rings is 3. The molecule has 19 nitrogen and oxygen atoms in total. The monoisotopic (exact) mass is 1520 g/mol. The largest absolute Gasteiger partial charge is 0.480 e. The average molecular weight is 1520 g/mol. The molecular formula is C67H69F6I2N13O6. The molecule has 5 aromatic heterocycles. The van der Waals surface area contributed by atoms with Gasteiger partial charge in [0.25, 0.3) is 0 Å². The second-order valence-corrected chi connectivity index (χ2v) is 22.1. The number of hydrogen-bond donors (Lipinski definition) is 3. The summed E-state index contributed by atoms with van der Waals surface area (Å²) in [5.74, 6) is 0.881. The molecule has 4 aromatic carbocycles. The smallest absolute Gasteiger partial charge is 0.332 e. The van der Waals surface area contributed by atoms with E-state index >= 15 is 4.39 Å². The summed E-state index contributed by atoms with van der Waals surface area (Å²) in [6.45, 7) is 5.58. The number of esters is 1. The highest BCUT2D eigenvalue weighted by molar-refractivity contribution is 15.0. The van der Waals surface area contributed by atoms with Crippen LogP contribution in [0.1, 0.15) is 46.5 Å². The van der Waals surface area contributed by atoms with Gasteiger partial charge in [-0.25, -0.2) is 60.9 Å². The molecule has 2 aliphatic rings. The second kappa shape index (κ2) is 36.0. The van der Waals surface area contributed by atoms with Gasteiger partial charge in [0, 0.05) is 119 Å². The summed E-state index contributed by atoms with van der Waals surface area (Å²) in [7, 11) is 0. The summed E-state index contributed by atoms with van der Waals surface area (Å²) in [5.41, 5.74) is 3.72. The summed E-state index contributed by atoms with van der Waals surface area (Å²) < 4.78 is 98.7. The number of nitrogens with one attached hydrogen (secondary N) is 1. The number of hydrogen-bond acceptors (Lipinski definition) is 18. The minimum atomic E-state index is -1.58. The van der Waals surface area contributed by atoms with Crippen LogP contribution >= 0.6 is 37.2 Å². The molecule has 0 spiro atoms. The Morgan fingerprint density at radius 1 is 0.564 bits per heavy atom. The van der Waals surface area contributed by atoms with E-state index in [0.29, 0.717) is 89.7 Å². The summed E-state index contributed by atoms with van der Waals surface area (Å²) in [6, 6.07) is 40.7. The predicted octanol–water partition coefficient (Wildman–Crippen LogP) is 15.2. The number of aromatic nitrogens is 7. The fourth-order valence-electron chi connectivity index (χ4n) is 9.41. The summed E-state index contributed by atoms with van der Waals surface area (Å²) in [6.07, 6.45) is 12.1. The van der Waals surface area contributed by atoms with Crippen molar-refractivity contribution in [3.8, 4) is 0 Å².